The average molecular weight is 296 g/mol. The van der Waals surface area contributed by atoms with Crippen molar-refractivity contribution < 1.29 is 9.47 Å². The molecule has 0 aromatic carbocycles. The van der Waals surface area contributed by atoms with Crippen LogP contribution in [-0.4, -0.2) is 36.8 Å². The van der Waals surface area contributed by atoms with Crippen molar-refractivity contribution >= 4 is 11.5 Å². The van der Waals surface area contributed by atoms with Gasteiger partial charge in [-0.2, -0.15) is 4.98 Å². The van der Waals surface area contributed by atoms with Crippen LogP contribution in [0, 0.1) is 11.8 Å². The molecule has 0 spiro atoms. The van der Waals surface area contributed by atoms with Gasteiger partial charge in [-0.25, -0.2) is 4.98 Å². The smallest absolute Gasteiger partial charge is 0.242 e. The summed E-state index contributed by atoms with van der Waals surface area (Å²) in [6.45, 7) is 10.3. The highest BCUT2D eigenvalue weighted by molar-refractivity contribution is 5.66. The first-order chi connectivity index (χ1) is 9.93. The summed E-state index contributed by atoms with van der Waals surface area (Å²) in [4.78, 5) is 8.93. The predicted octanol–water partition coefficient (Wildman–Crippen LogP) is 2.35. The summed E-state index contributed by atoms with van der Waals surface area (Å²) in [6.07, 6.45) is 0.789. The first-order valence-electron chi connectivity index (χ1n) is 7.46. The highest BCUT2D eigenvalue weighted by atomic mass is 16.5. The van der Waals surface area contributed by atoms with Gasteiger partial charge in [0.2, 0.25) is 5.88 Å². The maximum atomic E-state index is 6.10. The Labute approximate surface area is 127 Å². The number of nitrogens with one attached hydrogen (secondary N) is 1. The third-order valence-electron chi connectivity index (χ3n) is 2.75. The van der Waals surface area contributed by atoms with Crippen LogP contribution in [0.5, 0.6) is 5.88 Å². The topological polar surface area (TPSA) is 82.3 Å². The van der Waals surface area contributed by atoms with Crippen LogP contribution in [0.15, 0.2) is 0 Å². The summed E-state index contributed by atoms with van der Waals surface area (Å²) in [6, 6.07) is 0. The van der Waals surface area contributed by atoms with Crippen LogP contribution in [0.3, 0.4) is 0 Å². The number of methoxy groups -OCH3 is 1. The second-order valence-electron chi connectivity index (χ2n) is 5.92. The number of nitrogens with two attached hydrogens (primary N) is 1. The van der Waals surface area contributed by atoms with Gasteiger partial charge < -0.3 is 20.5 Å². The Bertz CT molecular complexity index is 436. The first kappa shape index (κ1) is 17.5. The third-order valence-corrected chi connectivity index (χ3v) is 2.75. The molecular formula is C15H28N4O2. The van der Waals surface area contributed by atoms with Crippen LogP contribution in [0.2, 0.25) is 0 Å². The van der Waals surface area contributed by atoms with E-state index in [9.17, 15) is 0 Å². The fraction of sp³-hybridized carbons (Fsp3) is 0.733. The number of nitrogen functional groups attached to an aromatic ring is 1. The predicted molar refractivity (Wildman–Crippen MR) is 85.7 cm³/mol. The molecule has 0 unspecified atom stereocenters. The van der Waals surface area contributed by atoms with Crippen molar-refractivity contribution in [2.24, 2.45) is 11.8 Å². The van der Waals surface area contributed by atoms with Gasteiger partial charge in [0.15, 0.2) is 5.82 Å². The number of hydrogen-bond acceptors (Lipinski definition) is 6. The summed E-state index contributed by atoms with van der Waals surface area (Å²) in [7, 11) is 1.63. The van der Waals surface area contributed by atoms with E-state index < -0.39 is 0 Å². The number of rotatable bonds is 9. The van der Waals surface area contributed by atoms with Crippen molar-refractivity contribution in [3.8, 4) is 5.88 Å². The van der Waals surface area contributed by atoms with E-state index in [-0.39, 0.29) is 0 Å². The second-order valence-corrected chi connectivity index (χ2v) is 5.92. The van der Waals surface area contributed by atoms with Gasteiger partial charge in [0.1, 0.15) is 18.1 Å². The SMILES string of the molecule is COCCOc1nc(CC(C)C)nc(NCC(C)C)c1N. The molecular weight excluding hydrogens is 268 g/mol. The largest absolute Gasteiger partial charge is 0.474 e. The van der Waals surface area contributed by atoms with Crippen molar-refractivity contribution in [2.45, 2.75) is 34.1 Å². The van der Waals surface area contributed by atoms with E-state index >= 15 is 0 Å². The van der Waals surface area contributed by atoms with E-state index in [1.165, 1.54) is 0 Å². The van der Waals surface area contributed by atoms with E-state index in [4.69, 9.17) is 15.2 Å². The number of ether oxygens (including phenoxy) is 2. The standard InChI is InChI=1S/C15H28N4O2/c1-10(2)8-12-18-14(17-9-11(3)4)13(16)15(19-12)21-7-6-20-5/h10-11H,6-9,16H2,1-5H3,(H,17,18,19). The summed E-state index contributed by atoms with van der Waals surface area (Å²) >= 11 is 0. The van der Waals surface area contributed by atoms with Crippen LogP contribution < -0.4 is 15.8 Å². The van der Waals surface area contributed by atoms with Gasteiger partial charge in [0.05, 0.1) is 6.61 Å². The zero-order chi connectivity index (χ0) is 15.8. The van der Waals surface area contributed by atoms with Crippen molar-refractivity contribution in [1.82, 2.24) is 9.97 Å². The molecule has 1 aromatic heterocycles. The van der Waals surface area contributed by atoms with Crippen molar-refractivity contribution in [3.63, 3.8) is 0 Å². The number of nitrogens with zero attached hydrogens (tertiary/aromatic N) is 2. The summed E-state index contributed by atoms with van der Waals surface area (Å²) in [5.74, 6) is 2.81. The second kappa shape index (κ2) is 8.67. The molecule has 6 heteroatoms. The fourth-order valence-electron chi connectivity index (χ4n) is 1.72. The van der Waals surface area contributed by atoms with E-state index in [1.807, 2.05) is 0 Å². The number of hydrogen-bond donors (Lipinski definition) is 2. The summed E-state index contributed by atoms with van der Waals surface area (Å²) < 4.78 is 10.6. The van der Waals surface area contributed by atoms with Crippen LogP contribution in [0.25, 0.3) is 0 Å². The van der Waals surface area contributed by atoms with Crippen molar-refractivity contribution in [3.05, 3.63) is 5.82 Å². The zero-order valence-electron chi connectivity index (χ0n) is 13.8. The van der Waals surface area contributed by atoms with Crippen LogP contribution in [-0.2, 0) is 11.2 Å². The molecule has 0 saturated heterocycles. The normalized spacial score (nSPS) is 11.2. The highest BCUT2D eigenvalue weighted by Crippen LogP contribution is 2.27. The lowest BCUT2D eigenvalue weighted by molar-refractivity contribution is 0.144. The zero-order valence-corrected chi connectivity index (χ0v) is 13.8. The fourth-order valence-corrected chi connectivity index (χ4v) is 1.72. The van der Waals surface area contributed by atoms with Gasteiger partial charge >= 0.3 is 0 Å². The van der Waals surface area contributed by atoms with Crippen LogP contribution >= 0.6 is 0 Å². The minimum Gasteiger partial charge on any atom is -0.474 e. The molecule has 3 N–H and O–H groups in total. The number of aromatic nitrogens is 2. The molecule has 21 heavy (non-hydrogen) atoms. The van der Waals surface area contributed by atoms with Gasteiger partial charge in [-0.15, -0.1) is 0 Å². The lowest BCUT2D eigenvalue weighted by atomic mass is 10.1. The van der Waals surface area contributed by atoms with E-state index in [0.717, 1.165) is 18.8 Å². The molecule has 1 aromatic rings. The lowest BCUT2D eigenvalue weighted by Gasteiger charge is -2.15. The molecule has 1 heterocycles. The molecule has 0 aliphatic heterocycles. The number of anilines is 2. The van der Waals surface area contributed by atoms with Gasteiger partial charge in [-0.05, 0) is 11.8 Å². The molecule has 1 rings (SSSR count). The van der Waals surface area contributed by atoms with E-state index in [1.54, 1.807) is 7.11 Å². The molecule has 0 aliphatic rings. The molecule has 120 valence electrons. The molecule has 0 saturated carbocycles. The Hall–Kier alpha value is -1.56. The Balaban J connectivity index is 2.94. The summed E-state index contributed by atoms with van der Waals surface area (Å²) in [5.41, 5.74) is 6.56. The minimum atomic E-state index is 0.419. The lowest BCUT2D eigenvalue weighted by Crippen LogP contribution is -2.16. The minimum absolute atomic E-state index is 0.419. The quantitative estimate of drug-likeness (QED) is 0.681. The molecule has 6 nitrogen and oxygen atoms in total. The van der Waals surface area contributed by atoms with Gasteiger partial charge in [-0.1, -0.05) is 27.7 Å². The maximum Gasteiger partial charge on any atom is 0.242 e. The Kier molecular flexibility index (Phi) is 7.22. The van der Waals surface area contributed by atoms with Gasteiger partial charge in [0.25, 0.3) is 0 Å². The molecule has 0 atom stereocenters. The molecule has 0 bridgehead atoms. The molecule has 0 radical (unpaired) electrons. The van der Waals surface area contributed by atoms with Gasteiger partial charge in [0, 0.05) is 20.1 Å². The Morgan fingerprint density at radius 3 is 2.38 bits per heavy atom. The van der Waals surface area contributed by atoms with Crippen LogP contribution in [0.1, 0.15) is 33.5 Å². The average Bonchev–Trinajstić information content (AvgIpc) is 2.39. The van der Waals surface area contributed by atoms with Gasteiger partial charge in [-0.3, -0.25) is 0 Å². The molecule has 0 amide bonds. The van der Waals surface area contributed by atoms with Crippen molar-refractivity contribution in [2.75, 3.05) is 37.9 Å². The Morgan fingerprint density at radius 2 is 1.81 bits per heavy atom. The maximum absolute atomic E-state index is 6.10. The molecule has 0 fully saturated rings. The monoisotopic (exact) mass is 296 g/mol. The van der Waals surface area contributed by atoms with E-state index in [0.29, 0.717) is 42.4 Å². The highest BCUT2D eigenvalue weighted by Gasteiger charge is 2.14. The molecule has 0 aliphatic carbocycles. The van der Waals surface area contributed by atoms with E-state index in [2.05, 4.69) is 43.0 Å². The Morgan fingerprint density at radius 1 is 1.10 bits per heavy atom. The third kappa shape index (κ3) is 6.16. The summed E-state index contributed by atoms with van der Waals surface area (Å²) in [5, 5.41) is 3.27. The first-order valence-corrected chi connectivity index (χ1v) is 7.46. The van der Waals surface area contributed by atoms with Crippen LogP contribution in [0.4, 0.5) is 11.5 Å². The van der Waals surface area contributed by atoms with Crippen molar-refractivity contribution in [1.29, 1.82) is 0 Å².